The molecule has 7 nitrogen and oxygen atoms in total. The van der Waals surface area contributed by atoms with Crippen LogP contribution in [0.1, 0.15) is 36.0 Å². The number of carbonyl (C=O) groups excluding carboxylic acids is 1. The van der Waals surface area contributed by atoms with Gasteiger partial charge in [0, 0.05) is 25.7 Å². The fourth-order valence-electron chi connectivity index (χ4n) is 3.29. The minimum atomic E-state index is -3.87. The summed E-state index contributed by atoms with van der Waals surface area (Å²) >= 11 is 0. The summed E-state index contributed by atoms with van der Waals surface area (Å²) in [6.45, 7) is 3.26. The first-order valence-corrected chi connectivity index (χ1v) is 9.62. The van der Waals surface area contributed by atoms with Crippen molar-refractivity contribution in [2.45, 2.75) is 36.6 Å². The molecule has 2 aliphatic rings. The third-order valence-electron chi connectivity index (χ3n) is 5.14. The number of nitrogens with zero attached hydrogens (tertiary/aromatic N) is 3. The van der Waals surface area contributed by atoms with Crippen molar-refractivity contribution in [3.63, 3.8) is 0 Å². The van der Waals surface area contributed by atoms with Gasteiger partial charge in [-0.15, -0.1) is 0 Å². The van der Waals surface area contributed by atoms with Crippen molar-refractivity contribution in [1.82, 2.24) is 9.62 Å². The molecule has 0 aliphatic heterocycles. The van der Waals surface area contributed by atoms with Crippen molar-refractivity contribution in [1.29, 1.82) is 0 Å². The average Bonchev–Trinajstić information content (AvgIpc) is 3.38. The Labute approximate surface area is 147 Å². The van der Waals surface area contributed by atoms with Crippen LogP contribution in [0.5, 0.6) is 0 Å². The van der Waals surface area contributed by atoms with E-state index in [1.807, 2.05) is 0 Å². The van der Waals surface area contributed by atoms with Crippen LogP contribution in [0.2, 0.25) is 0 Å². The summed E-state index contributed by atoms with van der Waals surface area (Å²) < 4.78 is 27.0. The Morgan fingerprint density at radius 1 is 1.36 bits per heavy atom. The van der Waals surface area contributed by atoms with Gasteiger partial charge >= 0.3 is 0 Å². The largest absolute Gasteiger partial charge is 0.339 e. The molecule has 0 atom stereocenters. The van der Waals surface area contributed by atoms with Gasteiger partial charge in [-0.1, -0.05) is 6.07 Å². The predicted molar refractivity (Wildman–Crippen MR) is 96.5 cm³/mol. The molecule has 2 fully saturated rings. The van der Waals surface area contributed by atoms with Gasteiger partial charge in [0.1, 0.15) is 0 Å². The van der Waals surface area contributed by atoms with Crippen molar-refractivity contribution < 1.29 is 13.2 Å². The van der Waals surface area contributed by atoms with E-state index in [9.17, 15) is 13.2 Å². The molecule has 0 radical (unpaired) electrons. The van der Waals surface area contributed by atoms with Gasteiger partial charge in [-0.3, -0.25) is 9.79 Å². The first-order chi connectivity index (χ1) is 11.8. The Morgan fingerprint density at radius 2 is 2.04 bits per heavy atom. The van der Waals surface area contributed by atoms with Gasteiger partial charge in [0.25, 0.3) is 15.9 Å². The number of rotatable bonds is 4. The number of aliphatic imine (C=N–C) groups is 2. The van der Waals surface area contributed by atoms with E-state index in [-0.39, 0.29) is 22.8 Å². The van der Waals surface area contributed by atoms with Crippen molar-refractivity contribution in [3.05, 3.63) is 29.8 Å². The first-order valence-electron chi connectivity index (χ1n) is 8.14. The molecule has 25 heavy (non-hydrogen) atoms. The number of benzene rings is 1. The molecule has 0 bridgehead atoms. The highest BCUT2D eigenvalue weighted by molar-refractivity contribution is 7.90. The summed E-state index contributed by atoms with van der Waals surface area (Å²) in [6.07, 6.45) is 4.64. The molecular weight excluding hydrogens is 340 g/mol. The normalized spacial score (nSPS) is 19.2. The van der Waals surface area contributed by atoms with Gasteiger partial charge in [-0.05, 0) is 56.0 Å². The smallest absolute Gasteiger partial charge is 0.264 e. The Balaban J connectivity index is 1.76. The van der Waals surface area contributed by atoms with Gasteiger partial charge in [0.15, 0.2) is 0 Å². The maximum absolute atomic E-state index is 12.7. The summed E-state index contributed by atoms with van der Waals surface area (Å²) in [6, 6.07) is 6.24. The Morgan fingerprint density at radius 3 is 2.60 bits per heavy atom. The molecule has 1 amide bonds. The molecule has 0 aromatic heterocycles. The molecule has 1 aromatic rings. The van der Waals surface area contributed by atoms with Gasteiger partial charge < -0.3 is 4.90 Å². The topological polar surface area (TPSA) is 91.2 Å². The maximum Gasteiger partial charge on any atom is 0.264 e. The second-order valence-electron chi connectivity index (χ2n) is 6.82. The number of carbonyl (C=O) groups is 1. The molecule has 8 heteroatoms. The van der Waals surface area contributed by atoms with Crippen LogP contribution in [0.3, 0.4) is 0 Å². The molecule has 1 spiro atoms. The van der Waals surface area contributed by atoms with E-state index >= 15 is 0 Å². The van der Waals surface area contributed by atoms with Crippen LogP contribution >= 0.6 is 0 Å². The summed E-state index contributed by atoms with van der Waals surface area (Å²) in [7, 11) is -0.679. The van der Waals surface area contributed by atoms with Crippen LogP contribution in [0, 0.1) is 5.41 Å². The highest BCUT2D eigenvalue weighted by Crippen LogP contribution is 2.61. The number of guanidine groups is 1. The van der Waals surface area contributed by atoms with Crippen LogP contribution in [0.4, 0.5) is 0 Å². The van der Waals surface area contributed by atoms with Crippen LogP contribution < -0.4 is 4.72 Å². The number of sulfonamides is 1. The van der Waals surface area contributed by atoms with Crippen LogP contribution in [0.15, 0.2) is 39.1 Å². The lowest BCUT2D eigenvalue weighted by Crippen LogP contribution is -2.46. The lowest BCUT2D eigenvalue weighted by atomic mass is 9.76. The third-order valence-corrected chi connectivity index (χ3v) is 6.47. The van der Waals surface area contributed by atoms with Crippen molar-refractivity contribution in [2.75, 3.05) is 14.1 Å². The predicted octanol–water partition coefficient (Wildman–Crippen LogP) is 1.67. The lowest BCUT2D eigenvalue weighted by Gasteiger charge is -2.42. The van der Waals surface area contributed by atoms with Crippen LogP contribution in [0.25, 0.3) is 0 Å². The summed E-state index contributed by atoms with van der Waals surface area (Å²) in [5, 5.41) is 0. The van der Waals surface area contributed by atoms with E-state index < -0.39 is 10.0 Å². The van der Waals surface area contributed by atoms with Crippen LogP contribution in [-0.4, -0.2) is 52.0 Å². The van der Waals surface area contributed by atoms with E-state index in [0.717, 1.165) is 12.8 Å². The molecule has 0 heterocycles. The number of hydrogen-bond acceptors (Lipinski definition) is 4. The number of amides is 1. The molecular formula is C17H22N4O3S. The zero-order valence-electron chi connectivity index (χ0n) is 14.4. The SMILES string of the molecule is C=NC(=NC)NS(=O)(=O)c1cccc(C(=O)N(C)C2CC3(CC3)C2)c1. The highest BCUT2D eigenvalue weighted by Gasteiger charge is 2.54. The molecule has 2 saturated carbocycles. The third kappa shape index (κ3) is 3.44. The molecule has 3 rings (SSSR count). The minimum Gasteiger partial charge on any atom is -0.339 e. The summed E-state index contributed by atoms with van der Waals surface area (Å²) in [5.74, 6) is -0.262. The maximum atomic E-state index is 12.7. The second-order valence-corrected chi connectivity index (χ2v) is 8.50. The van der Waals surface area contributed by atoms with Gasteiger partial charge in [0.2, 0.25) is 5.96 Å². The second kappa shape index (κ2) is 6.25. The van der Waals surface area contributed by atoms with Crippen LogP contribution in [-0.2, 0) is 10.0 Å². The summed E-state index contributed by atoms with van der Waals surface area (Å²) in [5.41, 5.74) is 0.852. The monoisotopic (exact) mass is 362 g/mol. The van der Waals surface area contributed by atoms with Gasteiger partial charge in [-0.25, -0.2) is 18.1 Å². The quantitative estimate of drug-likeness (QED) is 0.652. The highest BCUT2D eigenvalue weighted by atomic mass is 32.2. The molecule has 1 aromatic carbocycles. The average molecular weight is 362 g/mol. The number of nitrogens with one attached hydrogen (secondary N) is 1. The van der Waals surface area contributed by atoms with E-state index in [1.54, 1.807) is 24.1 Å². The molecule has 0 saturated heterocycles. The Bertz CT molecular complexity index is 835. The van der Waals surface area contributed by atoms with Crippen molar-refractivity contribution in [3.8, 4) is 0 Å². The standard InChI is InChI=1S/C17H22N4O3S/c1-18-16(19-2)20-25(23,24)14-6-4-5-12(9-14)15(22)21(3)13-10-17(11-13)7-8-17/h4-6,9,13H,1,7-8,10-11H2,2-3H3,(H,19,20). The summed E-state index contributed by atoms with van der Waals surface area (Å²) in [4.78, 5) is 21.6. The fraction of sp³-hybridized carbons (Fsp3) is 0.471. The molecule has 134 valence electrons. The van der Waals surface area contributed by atoms with Gasteiger partial charge in [0.05, 0.1) is 4.90 Å². The van der Waals surface area contributed by atoms with Crippen molar-refractivity contribution >= 4 is 28.6 Å². The van der Waals surface area contributed by atoms with E-state index in [0.29, 0.717) is 11.0 Å². The zero-order valence-corrected chi connectivity index (χ0v) is 15.2. The van der Waals surface area contributed by atoms with Crippen molar-refractivity contribution in [2.24, 2.45) is 15.4 Å². The lowest BCUT2D eigenvalue weighted by molar-refractivity contribution is 0.0505. The first kappa shape index (κ1) is 17.6. The van der Waals surface area contributed by atoms with E-state index in [1.165, 1.54) is 32.0 Å². The Hall–Kier alpha value is -2.22. The fourth-order valence-corrected chi connectivity index (χ4v) is 4.35. The van der Waals surface area contributed by atoms with Gasteiger partial charge in [-0.2, -0.15) is 0 Å². The van der Waals surface area contributed by atoms with E-state index in [4.69, 9.17) is 0 Å². The van der Waals surface area contributed by atoms with E-state index in [2.05, 4.69) is 21.4 Å². The molecule has 2 aliphatic carbocycles. The minimum absolute atomic E-state index is 0.0103. The molecule has 1 N–H and O–H groups in total. The Kier molecular flexibility index (Phi) is 4.40. The molecule has 0 unspecified atom stereocenters. The zero-order chi connectivity index (χ0) is 18.2. The number of hydrogen-bond donors (Lipinski definition) is 1.